The summed E-state index contributed by atoms with van der Waals surface area (Å²) in [5.41, 5.74) is 19.4. The van der Waals surface area contributed by atoms with Crippen molar-refractivity contribution in [1.29, 1.82) is 0 Å². The molecule has 604 valence electrons. The van der Waals surface area contributed by atoms with Crippen LogP contribution in [-0.4, -0.2) is 136 Å². The molecule has 8 N–H and O–H groups in total. The van der Waals surface area contributed by atoms with E-state index < -0.39 is 17.8 Å². The molecule has 18 heterocycles. The maximum atomic E-state index is 13.7. The van der Waals surface area contributed by atoms with Gasteiger partial charge in [0.2, 0.25) is 0 Å². The van der Waals surface area contributed by atoms with Crippen LogP contribution >= 0.6 is 0 Å². The third-order valence-electron chi connectivity index (χ3n) is 21.1. The van der Waals surface area contributed by atoms with Crippen molar-refractivity contribution < 1.29 is 17.6 Å². The lowest BCUT2D eigenvalue weighted by Gasteiger charge is -2.20. The van der Waals surface area contributed by atoms with Gasteiger partial charge < -0.3 is 20.4 Å². The summed E-state index contributed by atoms with van der Waals surface area (Å²) in [5, 5.41) is 71.6. The molecule has 0 aliphatic heterocycles. The number of pyridine rings is 10. The highest BCUT2D eigenvalue weighted by atomic mass is 19.3. The van der Waals surface area contributed by atoms with Gasteiger partial charge in [-0.2, -0.15) is 39.4 Å². The average molecular weight is 1630 g/mol. The molecule has 0 spiro atoms. The van der Waals surface area contributed by atoms with Crippen molar-refractivity contribution in [3.63, 3.8) is 0 Å². The van der Waals surface area contributed by atoms with Gasteiger partial charge in [0, 0.05) is 151 Å². The van der Waals surface area contributed by atoms with Crippen molar-refractivity contribution in [3.8, 4) is 5.82 Å². The highest BCUT2D eigenvalue weighted by molar-refractivity contribution is 5.98. The first-order valence-corrected chi connectivity index (χ1v) is 39.1. The first-order chi connectivity index (χ1) is 59.9. The van der Waals surface area contributed by atoms with Gasteiger partial charge in [-0.15, -0.1) is 5.10 Å². The van der Waals surface area contributed by atoms with E-state index in [9.17, 15) is 17.6 Å². The van der Waals surface area contributed by atoms with Crippen molar-refractivity contribution in [2.75, 3.05) is 16.0 Å². The summed E-state index contributed by atoms with van der Waals surface area (Å²) in [6, 6.07) is 60.3. The van der Waals surface area contributed by atoms with Crippen LogP contribution in [0.1, 0.15) is 72.0 Å². The van der Waals surface area contributed by atoms with E-state index in [1.165, 1.54) is 29.6 Å². The van der Waals surface area contributed by atoms with Gasteiger partial charge in [-0.1, -0.05) is 55.5 Å². The number of nitrogens with zero attached hydrogens (tertiary/aromatic N) is 21. The summed E-state index contributed by atoms with van der Waals surface area (Å²) in [5.74, 6) is -4.06. The molecule has 29 nitrogen and oxygen atoms in total. The number of anilines is 6. The van der Waals surface area contributed by atoms with Crippen molar-refractivity contribution >= 4 is 155 Å². The number of aromatic amines is 5. The van der Waals surface area contributed by atoms with E-state index >= 15 is 0 Å². The number of aromatic nitrogens is 26. The largest absolute Gasteiger partial charge is 0.337 e. The summed E-state index contributed by atoms with van der Waals surface area (Å²) < 4.78 is 60.4. The molecule has 1 unspecified atom stereocenters. The molecule has 0 fully saturated rings. The number of benzene rings is 5. The Kier molecular flexibility index (Phi) is 20.0. The normalized spacial score (nSPS) is 12.0. The average Bonchev–Trinajstić information content (AvgIpc) is 1.69. The lowest BCUT2D eigenvalue weighted by atomic mass is 9.95. The highest BCUT2D eigenvalue weighted by Gasteiger charge is 2.34. The predicted octanol–water partition coefficient (Wildman–Crippen LogP) is 18.9. The number of nitrogens with one attached hydrogen (secondary N) is 8. The van der Waals surface area contributed by atoms with Crippen LogP contribution in [0.3, 0.4) is 0 Å². The molecule has 0 bridgehead atoms. The minimum absolute atomic E-state index is 0.224. The molecule has 0 aliphatic rings. The molecular formula is C90H71F4N29. The van der Waals surface area contributed by atoms with Crippen LogP contribution in [0.15, 0.2) is 262 Å². The second-order valence-electron chi connectivity index (χ2n) is 29.6. The predicted molar refractivity (Wildman–Crippen MR) is 466 cm³/mol. The fraction of sp³-hybridized carbons (Fsp3) is 0.111. The van der Waals surface area contributed by atoms with Crippen molar-refractivity contribution in [2.45, 2.75) is 65.2 Å². The number of aryl methyl sites for hydroxylation is 2. The zero-order chi connectivity index (χ0) is 83.9. The topological polar surface area (TPSA) is 361 Å². The van der Waals surface area contributed by atoms with E-state index in [-0.39, 0.29) is 5.69 Å². The van der Waals surface area contributed by atoms with Crippen LogP contribution in [0.5, 0.6) is 0 Å². The highest BCUT2D eigenvalue weighted by Crippen LogP contribution is 2.38. The Balaban J connectivity index is 0.000000101. The monoisotopic (exact) mass is 1630 g/mol. The van der Waals surface area contributed by atoms with E-state index in [0.717, 1.165) is 171 Å². The molecule has 23 aromatic rings. The molecule has 0 aliphatic carbocycles. The maximum absolute atomic E-state index is 13.7. The van der Waals surface area contributed by atoms with Gasteiger partial charge in [0.1, 0.15) is 50.0 Å². The molecule has 0 saturated heterocycles. The second kappa shape index (κ2) is 32.1. The van der Waals surface area contributed by atoms with Crippen LogP contribution in [0.25, 0.3) is 126 Å². The summed E-state index contributed by atoms with van der Waals surface area (Å²) in [7, 11) is 0. The van der Waals surface area contributed by atoms with Gasteiger partial charge in [-0.3, -0.25) is 60.4 Å². The van der Waals surface area contributed by atoms with Gasteiger partial charge >= 0.3 is 0 Å². The Bertz CT molecular complexity index is 7660. The fourth-order valence-corrected chi connectivity index (χ4v) is 15.0. The number of H-pyrrole nitrogens is 5. The number of hydrogen-bond donors (Lipinski definition) is 8. The van der Waals surface area contributed by atoms with Crippen molar-refractivity contribution in [2.24, 2.45) is 0 Å². The Labute approximate surface area is 693 Å². The van der Waals surface area contributed by atoms with Gasteiger partial charge in [0.25, 0.3) is 11.8 Å². The third-order valence-corrected chi connectivity index (χ3v) is 21.1. The molecular weight excluding hydrogens is 1560 g/mol. The summed E-state index contributed by atoms with van der Waals surface area (Å²) in [6.45, 7) is 7.28. The number of imidazole rings is 1. The van der Waals surface area contributed by atoms with Gasteiger partial charge in [-0.25, -0.2) is 27.9 Å². The Morgan fingerprint density at radius 2 is 0.878 bits per heavy atom. The van der Waals surface area contributed by atoms with Crippen LogP contribution in [0, 0.1) is 13.8 Å². The minimum Gasteiger partial charge on any atom is -0.337 e. The molecule has 123 heavy (non-hydrogen) atoms. The molecule has 0 radical (unpaired) electrons. The van der Waals surface area contributed by atoms with E-state index in [1.807, 2.05) is 163 Å². The molecule has 0 saturated carbocycles. The molecule has 5 aromatic carbocycles. The lowest BCUT2D eigenvalue weighted by molar-refractivity contribution is -0.00302. The number of tetrazole rings is 1. The smallest absolute Gasteiger partial charge is 0.287 e. The number of hydrogen-bond acceptors (Lipinski definition) is 21. The fourth-order valence-electron chi connectivity index (χ4n) is 15.0. The summed E-state index contributed by atoms with van der Waals surface area (Å²) in [6.07, 6.45) is 22.7. The standard InChI is InChI=1S/C20H17N7.C19H17F2N5.C18H13N5.C17H13F2N5.C16H11N7/c1-12-10-13(2)27(26-12)20-16-6-5-15(11-14(16)7-9-22-20)23-19-18-17(24-25-19)4-3-8-21-18;1-11(19(2,20)21)16-14-6-5-13(10-12(14)7-9-23-16)24-18-17-15(25-26-18)4-3-8-22-17;1-2-15-17(19-6-1)16(22-21-15)11-12-3-4-14-13(10-12)5-8-23-9-7-20-18(14)23;1-17(18,19)15-12-5-4-11(9-10(12)6-8-21-15)22-16-14-13(23-24-16)3-2-7-20-14;1-2-13-15(17-6-1)14(19-18-13)9-10-3-4-12-11(8-10)5-7-23-16(12)20-21-22-23/h3-11H,1-2H3,(H2,23,24,25);3-11H,1-2H3,(H2,24,25,26);1-10H,11H2,(H,21,22);2-9H,1H3,(H2,22,23,24);1-8H,9H2,(H,18,19). The number of halogens is 4. The lowest BCUT2D eigenvalue weighted by Crippen LogP contribution is -2.20. The number of fused-ring (bicyclic) bond motifs is 14. The van der Waals surface area contributed by atoms with Crippen LogP contribution in [0.4, 0.5) is 52.1 Å². The van der Waals surface area contributed by atoms with Crippen molar-refractivity contribution in [1.82, 2.24) is 130 Å². The van der Waals surface area contributed by atoms with Gasteiger partial charge in [-0.05, 0) is 202 Å². The van der Waals surface area contributed by atoms with E-state index in [1.54, 1.807) is 66.0 Å². The molecule has 18 aromatic heterocycles. The van der Waals surface area contributed by atoms with Gasteiger partial charge in [0.05, 0.1) is 45.2 Å². The molecule has 0 amide bonds. The summed E-state index contributed by atoms with van der Waals surface area (Å²) in [4.78, 5) is 38.8. The van der Waals surface area contributed by atoms with E-state index in [0.29, 0.717) is 39.4 Å². The maximum Gasteiger partial charge on any atom is 0.287 e. The first-order valence-electron chi connectivity index (χ1n) is 39.1. The van der Waals surface area contributed by atoms with E-state index in [2.05, 4.69) is 187 Å². The zero-order valence-corrected chi connectivity index (χ0v) is 66.2. The van der Waals surface area contributed by atoms with Crippen LogP contribution in [-0.2, 0) is 18.8 Å². The second-order valence-corrected chi connectivity index (χ2v) is 29.6. The zero-order valence-electron chi connectivity index (χ0n) is 66.2. The van der Waals surface area contributed by atoms with E-state index in [4.69, 9.17) is 0 Å². The molecule has 23 rings (SSSR count). The van der Waals surface area contributed by atoms with Gasteiger partial charge in [0.15, 0.2) is 28.9 Å². The Hall–Kier alpha value is -16.5. The van der Waals surface area contributed by atoms with Crippen LogP contribution in [0.2, 0.25) is 0 Å². The number of alkyl halides is 4. The number of rotatable bonds is 14. The van der Waals surface area contributed by atoms with Crippen molar-refractivity contribution in [3.05, 3.63) is 308 Å². The minimum atomic E-state index is -2.99. The Morgan fingerprint density at radius 3 is 1.41 bits per heavy atom. The van der Waals surface area contributed by atoms with Crippen LogP contribution < -0.4 is 16.0 Å². The molecule has 1 atom stereocenters. The first kappa shape index (κ1) is 76.5. The molecule has 33 heteroatoms. The quantitative estimate of drug-likeness (QED) is 0.0469. The Morgan fingerprint density at radius 1 is 0.407 bits per heavy atom. The third kappa shape index (κ3) is 15.7. The summed E-state index contributed by atoms with van der Waals surface area (Å²) >= 11 is 0. The SMILES string of the molecule is CC(F)(F)c1nccc2cc(Nc3n[nH]c4cccnc34)ccc12.CC(c1nccc2cc(Nc3n[nH]c4cccnc34)ccc12)C(C)(F)F.Cc1cc(C)n(-c2nccc3cc(Nc4n[nH]c5cccnc45)ccc23)n1.c1cnc2c(Cc3ccc4c(ccn5ccnc45)c3)[nH]nc2c1.c1cnc2c(Cc3ccc4c(ccn5nnnc45)c3)[nH]nc2c1.